The largest absolute Gasteiger partial charge is 0.487 e. The van der Waals surface area contributed by atoms with Crippen molar-refractivity contribution in [1.82, 2.24) is 15.0 Å². The summed E-state index contributed by atoms with van der Waals surface area (Å²) in [6.45, 7) is 0.0325. The summed E-state index contributed by atoms with van der Waals surface area (Å²) >= 11 is 0. The van der Waals surface area contributed by atoms with Gasteiger partial charge in [0.15, 0.2) is 6.04 Å². The Morgan fingerprint density at radius 1 is 1.30 bits per heavy atom. The first-order valence-electron chi connectivity index (χ1n) is 8.01. The third-order valence-electron chi connectivity index (χ3n) is 3.81. The molecule has 0 saturated heterocycles. The number of hydrogen-bond donors (Lipinski definition) is 2. The third-order valence-corrected chi connectivity index (χ3v) is 3.81. The zero-order valence-electron chi connectivity index (χ0n) is 14.1. The van der Waals surface area contributed by atoms with Gasteiger partial charge in [0.2, 0.25) is 5.91 Å². The predicted octanol–water partition coefficient (Wildman–Crippen LogP) is 0.855. The number of carboxylic acids is 1. The van der Waals surface area contributed by atoms with E-state index in [2.05, 4.69) is 10.3 Å². The van der Waals surface area contributed by atoms with Gasteiger partial charge in [0.05, 0.1) is 6.20 Å². The van der Waals surface area contributed by atoms with E-state index >= 15 is 0 Å². The zero-order chi connectivity index (χ0) is 19.4. The molecule has 3 N–H and O–H groups in total. The average Bonchev–Trinajstić information content (AvgIpc) is 3.07. The van der Waals surface area contributed by atoms with Crippen molar-refractivity contribution in [2.24, 2.45) is 5.73 Å². The smallest absolute Gasteiger partial charge is 0.336 e. The molecule has 0 saturated carbocycles. The van der Waals surface area contributed by atoms with Gasteiger partial charge < -0.3 is 20.0 Å². The highest BCUT2D eigenvalue weighted by atomic mass is 16.5. The molecule has 27 heavy (non-hydrogen) atoms. The molecule has 3 rings (SSSR count). The second kappa shape index (κ2) is 7.68. The Morgan fingerprint density at radius 2 is 2.07 bits per heavy atom. The van der Waals surface area contributed by atoms with Gasteiger partial charge in [-0.05, 0) is 24.6 Å². The maximum atomic E-state index is 11.3. The highest BCUT2D eigenvalue weighted by Gasteiger charge is 2.22. The fourth-order valence-electron chi connectivity index (χ4n) is 2.47. The van der Waals surface area contributed by atoms with Gasteiger partial charge in [-0.25, -0.2) is 14.3 Å². The monoisotopic (exact) mass is 372 g/mol. The number of aromatic nitrogens is 3. The first-order chi connectivity index (χ1) is 12.9. The fourth-order valence-corrected chi connectivity index (χ4v) is 2.47. The van der Waals surface area contributed by atoms with Crippen LogP contribution in [0.4, 0.5) is 0 Å². The molecule has 0 aliphatic heterocycles. The molecule has 2 aromatic heterocycles. The number of amides is 1. The molecule has 1 atom stereocenters. The molecule has 0 radical (unpaired) electrons. The van der Waals surface area contributed by atoms with Crippen molar-refractivity contribution in [3.63, 3.8) is 0 Å². The second-order valence-electron chi connectivity index (χ2n) is 5.79. The number of carboxylic acid groups (broad SMARTS) is 1. The number of nitrogens with two attached hydrogens (primary N) is 1. The predicted molar refractivity (Wildman–Crippen MR) is 91.9 cm³/mol. The summed E-state index contributed by atoms with van der Waals surface area (Å²) in [5, 5.41) is 17.7. The molecule has 1 amide bonds. The Bertz CT molecular complexity index is 1040. The van der Waals surface area contributed by atoms with Gasteiger partial charge in [-0.1, -0.05) is 5.21 Å². The van der Waals surface area contributed by atoms with E-state index < -0.39 is 23.5 Å². The average molecular weight is 372 g/mol. The summed E-state index contributed by atoms with van der Waals surface area (Å²) < 4.78 is 11.8. The van der Waals surface area contributed by atoms with Crippen molar-refractivity contribution in [3.05, 3.63) is 52.6 Å². The van der Waals surface area contributed by atoms with Crippen LogP contribution in [0.25, 0.3) is 11.0 Å². The molecule has 10 nitrogen and oxygen atoms in total. The number of nitrogens with zero attached hydrogens (tertiary/aromatic N) is 3. The first kappa shape index (κ1) is 18.1. The Labute approximate surface area is 152 Å². The van der Waals surface area contributed by atoms with E-state index in [-0.39, 0.29) is 19.4 Å². The number of ether oxygens (including phenoxy) is 1. The van der Waals surface area contributed by atoms with Gasteiger partial charge in [0.1, 0.15) is 23.6 Å². The third kappa shape index (κ3) is 4.48. The minimum atomic E-state index is -1.14. The molecular formula is C17H16N4O6. The number of carbonyl (C=O) groups excluding carboxylic acids is 1. The summed E-state index contributed by atoms with van der Waals surface area (Å²) in [6.07, 6.45) is 1.37. The lowest BCUT2D eigenvalue weighted by atomic mass is 10.1. The SMILES string of the molecule is NC(=O)CCC(C(=O)O)n1cc(COc2ccc3ccc(=O)oc3c2)nn1. The summed E-state index contributed by atoms with van der Waals surface area (Å²) in [7, 11) is 0. The van der Waals surface area contributed by atoms with Gasteiger partial charge in [-0.2, -0.15) is 0 Å². The Hall–Kier alpha value is -3.69. The van der Waals surface area contributed by atoms with Gasteiger partial charge in [-0.3, -0.25) is 4.79 Å². The number of primary amides is 1. The number of carbonyl (C=O) groups is 2. The van der Waals surface area contributed by atoms with Crippen LogP contribution in [0.5, 0.6) is 5.75 Å². The van der Waals surface area contributed by atoms with Crippen LogP contribution >= 0.6 is 0 Å². The van der Waals surface area contributed by atoms with E-state index in [0.29, 0.717) is 17.0 Å². The molecule has 0 fully saturated rings. The minimum Gasteiger partial charge on any atom is -0.487 e. The van der Waals surface area contributed by atoms with Crippen molar-refractivity contribution in [2.45, 2.75) is 25.5 Å². The minimum absolute atomic E-state index is 0.0119. The first-order valence-corrected chi connectivity index (χ1v) is 8.01. The van der Waals surface area contributed by atoms with Gasteiger partial charge in [-0.15, -0.1) is 5.10 Å². The van der Waals surface area contributed by atoms with Crippen LogP contribution in [0.2, 0.25) is 0 Å². The molecule has 3 aromatic rings. The summed E-state index contributed by atoms with van der Waals surface area (Å²) in [4.78, 5) is 33.5. The lowest BCUT2D eigenvalue weighted by Gasteiger charge is -2.10. The van der Waals surface area contributed by atoms with E-state index in [1.165, 1.54) is 12.3 Å². The Kier molecular flexibility index (Phi) is 5.15. The Morgan fingerprint density at radius 3 is 2.81 bits per heavy atom. The quantitative estimate of drug-likeness (QED) is 0.552. The van der Waals surface area contributed by atoms with Crippen molar-refractivity contribution >= 4 is 22.8 Å². The van der Waals surface area contributed by atoms with Crippen LogP contribution in [-0.4, -0.2) is 32.0 Å². The number of benzene rings is 1. The van der Waals surface area contributed by atoms with Crippen molar-refractivity contribution in [2.75, 3.05) is 0 Å². The zero-order valence-corrected chi connectivity index (χ0v) is 14.1. The van der Waals surface area contributed by atoms with Crippen molar-refractivity contribution in [1.29, 1.82) is 0 Å². The van der Waals surface area contributed by atoms with E-state index in [0.717, 1.165) is 10.1 Å². The molecule has 10 heteroatoms. The molecule has 1 aromatic carbocycles. The standard InChI is InChI=1S/C17H16N4O6/c18-15(22)5-4-13(17(24)25)21-8-11(19-20-21)9-26-12-3-1-10-2-6-16(23)27-14(10)7-12/h1-3,6-8,13H,4-5,9H2,(H2,18,22)(H,24,25). The van der Waals surface area contributed by atoms with E-state index in [4.69, 9.17) is 14.9 Å². The van der Waals surface area contributed by atoms with E-state index in [1.54, 1.807) is 24.3 Å². The summed E-state index contributed by atoms with van der Waals surface area (Å²) in [5.41, 5.74) is 5.39. The molecule has 1 unspecified atom stereocenters. The molecule has 0 aliphatic rings. The van der Waals surface area contributed by atoms with Gasteiger partial charge in [0.25, 0.3) is 0 Å². The second-order valence-corrected chi connectivity index (χ2v) is 5.79. The number of fused-ring (bicyclic) bond motifs is 1. The molecule has 0 spiro atoms. The highest BCUT2D eigenvalue weighted by Crippen LogP contribution is 2.20. The topological polar surface area (TPSA) is 151 Å². The maximum Gasteiger partial charge on any atom is 0.336 e. The molecule has 0 aliphatic carbocycles. The van der Waals surface area contributed by atoms with Crippen LogP contribution < -0.4 is 16.1 Å². The normalized spacial score (nSPS) is 12.0. The molecule has 140 valence electrons. The lowest BCUT2D eigenvalue weighted by Crippen LogP contribution is -2.22. The summed E-state index contributed by atoms with van der Waals surface area (Å²) in [6, 6.07) is 6.96. The van der Waals surface area contributed by atoms with Crippen LogP contribution in [0.3, 0.4) is 0 Å². The van der Waals surface area contributed by atoms with Crippen LogP contribution in [0.15, 0.2) is 45.7 Å². The number of hydrogen-bond acceptors (Lipinski definition) is 7. The number of aliphatic carboxylic acids is 1. The van der Waals surface area contributed by atoms with Crippen LogP contribution in [-0.2, 0) is 16.2 Å². The molecule has 2 heterocycles. The van der Waals surface area contributed by atoms with Crippen molar-refractivity contribution in [3.8, 4) is 5.75 Å². The van der Waals surface area contributed by atoms with Crippen LogP contribution in [0, 0.1) is 0 Å². The highest BCUT2D eigenvalue weighted by molar-refractivity contribution is 5.77. The van der Waals surface area contributed by atoms with E-state index in [1.807, 2.05) is 0 Å². The van der Waals surface area contributed by atoms with Crippen molar-refractivity contribution < 1.29 is 23.8 Å². The lowest BCUT2D eigenvalue weighted by molar-refractivity contribution is -0.141. The molecule has 0 bridgehead atoms. The van der Waals surface area contributed by atoms with E-state index in [9.17, 15) is 19.5 Å². The fraction of sp³-hybridized carbons (Fsp3) is 0.235. The van der Waals surface area contributed by atoms with Gasteiger partial charge in [0, 0.05) is 23.9 Å². The summed E-state index contributed by atoms with van der Waals surface area (Å²) in [5.74, 6) is -1.28. The number of rotatable bonds is 8. The molecular weight excluding hydrogens is 356 g/mol. The maximum absolute atomic E-state index is 11.3. The Balaban J connectivity index is 1.69. The van der Waals surface area contributed by atoms with Crippen LogP contribution in [0.1, 0.15) is 24.6 Å². The van der Waals surface area contributed by atoms with Gasteiger partial charge >= 0.3 is 11.6 Å².